The molecule has 8 heteroatoms. The highest BCUT2D eigenvalue weighted by atomic mass is 19.3. The van der Waals surface area contributed by atoms with Crippen molar-refractivity contribution in [2.45, 2.75) is 96.0 Å². The molecule has 3 aromatic rings. The highest BCUT2D eigenvalue weighted by Crippen LogP contribution is 2.45. The van der Waals surface area contributed by atoms with Gasteiger partial charge in [-0.1, -0.05) is 51.5 Å². The first-order valence-electron chi connectivity index (χ1n) is 15.9. The lowest BCUT2D eigenvalue weighted by molar-refractivity contribution is -0.187. The van der Waals surface area contributed by atoms with Crippen LogP contribution in [0.4, 0.5) is 30.7 Å². The Hall–Kier alpha value is -3.03. The number of hydrogen-bond donors (Lipinski definition) is 0. The van der Waals surface area contributed by atoms with Gasteiger partial charge in [-0.3, -0.25) is 0 Å². The first-order chi connectivity index (χ1) is 21.1. The van der Waals surface area contributed by atoms with Crippen LogP contribution in [0.5, 0.6) is 5.75 Å². The fourth-order valence-electron chi connectivity index (χ4n) is 7.28. The highest BCUT2D eigenvalue weighted by Gasteiger charge is 2.39. The van der Waals surface area contributed by atoms with E-state index in [1.165, 1.54) is 57.4 Å². The normalized spacial score (nSPS) is 22.6. The molecule has 5 rings (SSSR count). The monoisotopic (exact) mass is 620 g/mol. The van der Waals surface area contributed by atoms with Crippen molar-refractivity contribution < 1.29 is 35.5 Å². The molecule has 0 unspecified atom stereocenters. The van der Waals surface area contributed by atoms with E-state index in [9.17, 15) is 17.6 Å². The molecular formula is C36H39F7O. The van der Waals surface area contributed by atoms with E-state index < -0.39 is 46.5 Å². The number of alkyl halides is 2. The van der Waals surface area contributed by atoms with E-state index in [1.54, 1.807) is 0 Å². The van der Waals surface area contributed by atoms with Crippen LogP contribution in [0, 0.1) is 46.8 Å². The Morgan fingerprint density at radius 2 is 1.32 bits per heavy atom. The maximum Gasteiger partial charge on any atom is 0.429 e. The smallest absolute Gasteiger partial charge is 0.429 e. The van der Waals surface area contributed by atoms with E-state index in [4.69, 9.17) is 0 Å². The molecule has 0 spiro atoms. The van der Waals surface area contributed by atoms with Crippen LogP contribution in [0.1, 0.15) is 101 Å². The molecule has 1 nitrogen and oxygen atoms in total. The highest BCUT2D eigenvalue weighted by molar-refractivity contribution is 5.65. The van der Waals surface area contributed by atoms with Crippen molar-refractivity contribution in [3.63, 3.8) is 0 Å². The third kappa shape index (κ3) is 7.43. The average molecular weight is 621 g/mol. The zero-order chi connectivity index (χ0) is 31.4. The quantitative estimate of drug-likeness (QED) is 0.124. The molecule has 0 N–H and O–H groups in total. The van der Waals surface area contributed by atoms with Crippen molar-refractivity contribution >= 4 is 0 Å². The second-order valence-electron chi connectivity index (χ2n) is 12.6. The van der Waals surface area contributed by atoms with Crippen LogP contribution in [-0.4, -0.2) is 0 Å². The fourth-order valence-corrected chi connectivity index (χ4v) is 7.28. The van der Waals surface area contributed by atoms with E-state index in [-0.39, 0.29) is 17.0 Å². The second-order valence-corrected chi connectivity index (χ2v) is 12.6. The lowest BCUT2D eigenvalue weighted by atomic mass is 9.68. The zero-order valence-electron chi connectivity index (χ0n) is 25.0. The number of benzene rings is 3. The Morgan fingerprint density at radius 1 is 0.682 bits per heavy atom. The summed E-state index contributed by atoms with van der Waals surface area (Å²) in [5.74, 6) is -5.19. The molecule has 3 aromatic carbocycles. The standard InChI is InChI=1S/C36H39F7O/c1-2-3-4-5-22-6-8-23(9-7-22)24-10-12-25(13-11-24)26-14-17-30(32(38)18-26)36(42,43)44-28-15-16-29(31(37)21-28)27-19-33(39)35(41)34(40)20-27/h14-25H,2-13H2,1H3. The molecule has 0 radical (unpaired) electrons. The average Bonchev–Trinajstić information content (AvgIpc) is 3.00. The lowest BCUT2D eigenvalue weighted by Crippen LogP contribution is -2.26. The largest absolute Gasteiger partial charge is 0.429 e. The summed E-state index contributed by atoms with van der Waals surface area (Å²) in [6.07, 6.45) is 10.3. The van der Waals surface area contributed by atoms with Crippen LogP contribution >= 0.6 is 0 Å². The van der Waals surface area contributed by atoms with Crippen LogP contribution in [0.15, 0.2) is 48.5 Å². The minimum Gasteiger partial charge on any atom is -0.429 e. The molecule has 2 fully saturated rings. The van der Waals surface area contributed by atoms with Crippen LogP contribution < -0.4 is 4.74 Å². The van der Waals surface area contributed by atoms with Gasteiger partial charge >= 0.3 is 6.11 Å². The van der Waals surface area contributed by atoms with Gasteiger partial charge in [0.2, 0.25) is 0 Å². The molecule has 0 amide bonds. The SMILES string of the molecule is CCCCCC1CCC(C2CCC(c3ccc(C(F)(F)Oc4ccc(-c5cc(F)c(F)c(F)c5)c(F)c4)c(F)c3)CC2)CC1. The van der Waals surface area contributed by atoms with E-state index >= 15 is 13.2 Å². The van der Waals surface area contributed by atoms with Crippen molar-refractivity contribution in [3.05, 3.63) is 88.7 Å². The summed E-state index contributed by atoms with van der Waals surface area (Å²) in [6.45, 7) is 2.24. The Bertz CT molecular complexity index is 1400. The Labute approximate surface area is 254 Å². The molecular weight excluding hydrogens is 581 g/mol. The summed E-state index contributed by atoms with van der Waals surface area (Å²) in [4.78, 5) is 0. The summed E-state index contributed by atoms with van der Waals surface area (Å²) in [5.41, 5.74) is -0.955. The van der Waals surface area contributed by atoms with Crippen molar-refractivity contribution in [1.82, 2.24) is 0 Å². The van der Waals surface area contributed by atoms with Gasteiger partial charge in [0, 0.05) is 11.6 Å². The van der Waals surface area contributed by atoms with Crippen molar-refractivity contribution in [3.8, 4) is 16.9 Å². The third-order valence-electron chi connectivity index (χ3n) is 9.81. The molecule has 0 bridgehead atoms. The molecule has 238 valence electrons. The zero-order valence-corrected chi connectivity index (χ0v) is 25.0. The van der Waals surface area contributed by atoms with Gasteiger partial charge in [0.1, 0.15) is 17.4 Å². The summed E-state index contributed by atoms with van der Waals surface area (Å²) < 4.78 is 105. The molecule has 2 aliphatic carbocycles. The van der Waals surface area contributed by atoms with E-state index in [0.717, 1.165) is 61.8 Å². The van der Waals surface area contributed by atoms with Crippen molar-refractivity contribution in [2.75, 3.05) is 0 Å². The van der Waals surface area contributed by atoms with Gasteiger partial charge in [0.05, 0.1) is 5.56 Å². The van der Waals surface area contributed by atoms with Gasteiger partial charge in [0.25, 0.3) is 0 Å². The molecule has 0 saturated heterocycles. The van der Waals surface area contributed by atoms with Gasteiger partial charge in [-0.25, -0.2) is 22.0 Å². The molecule has 0 heterocycles. The summed E-state index contributed by atoms with van der Waals surface area (Å²) >= 11 is 0. The Balaban J connectivity index is 1.18. The first kappa shape index (κ1) is 32.4. The summed E-state index contributed by atoms with van der Waals surface area (Å²) in [5, 5.41) is 0. The predicted octanol–water partition coefficient (Wildman–Crippen LogP) is 11.8. The van der Waals surface area contributed by atoms with E-state index in [1.807, 2.05) is 0 Å². The van der Waals surface area contributed by atoms with Gasteiger partial charge in [-0.15, -0.1) is 0 Å². The summed E-state index contributed by atoms with van der Waals surface area (Å²) in [7, 11) is 0. The van der Waals surface area contributed by atoms with Gasteiger partial charge in [-0.2, -0.15) is 8.78 Å². The maximum absolute atomic E-state index is 15.1. The number of hydrogen-bond acceptors (Lipinski definition) is 1. The van der Waals surface area contributed by atoms with Crippen LogP contribution in [-0.2, 0) is 6.11 Å². The molecule has 2 aliphatic rings. The number of rotatable bonds is 10. The Morgan fingerprint density at radius 3 is 1.91 bits per heavy atom. The van der Waals surface area contributed by atoms with Crippen LogP contribution in [0.3, 0.4) is 0 Å². The van der Waals surface area contributed by atoms with Crippen LogP contribution in [0.25, 0.3) is 11.1 Å². The molecule has 0 aromatic heterocycles. The van der Waals surface area contributed by atoms with E-state index in [0.29, 0.717) is 29.7 Å². The fraction of sp³-hybridized carbons (Fsp3) is 0.500. The number of unbranched alkanes of at least 4 members (excludes halogenated alkanes) is 2. The predicted molar refractivity (Wildman–Crippen MR) is 157 cm³/mol. The molecule has 0 atom stereocenters. The Kier molecular flexibility index (Phi) is 10.3. The lowest BCUT2D eigenvalue weighted by Gasteiger charge is -2.38. The molecule has 2 saturated carbocycles. The maximum atomic E-state index is 15.1. The van der Waals surface area contributed by atoms with E-state index in [2.05, 4.69) is 11.7 Å². The molecule has 0 aliphatic heterocycles. The third-order valence-corrected chi connectivity index (χ3v) is 9.81. The number of ether oxygens (including phenoxy) is 1. The van der Waals surface area contributed by atoms with Crippen LogP contribution in [0.2, 0.25) is 0 Å². The first-order valence-corrected chi connectivity index (χ1v) is 15.9. The van der Waals surface area contributed by atoms with Gasteiger partial charge in [0.15, 0.2) is 17.5 Å². The van der Waals surface area contributed by atoms with Crippen molar-refractivity contribution in [1.29, 1.82) is 0 Å². The number of halogens is 7. The summed E-state index contributed by atoms with van der Waals surface area (Å²) in [6, 6.07) is 7.42. The van der Waals surface area contributed by atoms with Gasteiger partial charge in [-0.05, 0) is 110 Å². The second kappa shape index (κ2) is 13.9. The minimum atomic E-state index is -4.11. The minimum absolute atomic E-state index is 0.109. The topological polar surface area (TPSA) is 9.23 Å². The van der Waals surface area contributed by atoms with Crippen molar-refractivity contribution in [2.24, 2.45) is 17.8 Å². The van der Waals surface area contributed by atoms with Gasteiger partial charge < -0.3 is 4.74 Å². The molecule has 44 heavy (non-hydrogen) atoms.